The van der Waals surface area contributed by atoms with Gasteiger partial charge in [-0.3, -0.25) is 4.79 Å². The highest BCUT2D eigenvalue weighted by atomic mass is 16.5. The lowest BCUT2D eigenvalue weighted by Crippen LogP contribution is -2.39. The zero-order chi connectivity index (χ0) is 17.2. The number of benzene rings is 1. The predicted molar refractivity (Wildman–Crippen MR) is 86.2 cm³/mol. The molecule has 0 unspecified atom stereocenters. The zero-order valence-corrected chi connectivity index (χ0v) is 13.8. The maximum absolute atomic E-state index is 12.1. The Hall–Kier alpha value is -2.12. The highest BCUT2D eigenvalue weighted by molar-refractivity contribution is 5.96. The predicted octanol–water partition coefficient (Wildman–Crippen LogP) is 0.855. The number of amides is 1. The normalized spacial score (nSPS) is 10.4. The van der Waals surface area contributed by atoms with Gasteiger partial charge in [0.2, 0.25) is 0 Å². The molecular formula is C16H24N2O5. The Kier molecular flexibility index (Phi) is 8.07. The number of carbonyl (C=O) groups excluding carboxylic acids is 2. The van der Waals surface area contributed by atoms with E-state index in [2.05, 4.69) is 0 Å². The summed E-state index contributed by atoms with van der Waals surface area (Å²) in [6.45, 7) is 3.06. The molecule has 7 heteroatoms. The number of aryl methyl sites for hydroxylation is 1. The van der Waals surface area contributed by atoms with E-state index in [0.29, 0.717) is 32.0 Å². The molecule has 0 aliphatic heterocycles. The van der Waals surface area contributed by atoms with Gasteiger partial charge in [-0.05, 0) is 18.6 Å². The van der Waals surface area contributed by atoms with E-state index in [0.717, 1.165) is 5.56 Å². The molecule has 1 aromatic carbocycles. The molecule has 0 bridgehead atoms. The van der Waals surface area contributed by atoms with E-state index in [4.69, 9.17) is 19.9 Å². The number of nitrogen functional groups attached to an aromatic ring is 1. The Bertz CT molecular complexity index is 525. The summed E-state index contributed by atoms with van der Waals surface area (Å²) in [5.74, 6) is -0.920. The van der Waals surface area contributed by atoms with Crippen molar-refractivity contribution in [3.8, 4) is 0 Å². The highest BCUT2D eigenvalue weighted by Crippen LogP contribution is 2.17. The van der Waals surface area contributed by atoms with Crippen molar-refractivity contribution in [2.75, 3.05) is 52.9 Å². The van der Waals surface area contributed by atoms with Crippen LogP contribution in [0.2, 0.25) is 0 Å². The first kappa shape index (κ1) is 18.9. The molecule has 0 aliphatic carbocycles. The van der Waals surface area contributed by atoms with Gasteiger partial charge < -0.3 is 24.8 Å². The van der Waals surface area contributed by atoms with Crippen molar-refractivity contribution in [2.24, 2.45) is 0 Å². The van der Waals surface area contributed by atoms with Gasteiger partial charge in [-0.25, -0.2) is 4.79 Å². The maximum atomic E-state index is 12.1. The van der Waals surface area contributed by atoms with Crippen molar-refractivity contribution >= 4 is 17.6 Å². The standard InChI is InChI=1S/C16H24N2O5/c1-12-5-4-6-13(15(12)17)16(20)23-11-14(19)18(7-9-21-2)8-10-22-3/h4-6H,7-11,17H2,1-3H3. The lowest BCUT2D eigenvalue weighted by atomic mass is 10.1. The van der Waals surface area contributed by atoms with Crippen molar-refractivity contribution in [3.63, 3.8) is 0 Å². The summed E-state index contributed by atoms with van der Waals surface area (Å²) < 4.78 is 15.0. The number of nitrogens with two attached hydrogens (primary N) is 1. The smallest absolute Gasteiger partial charge is 0.340 e. The summed E-state index contributed by atoms with van der Waals surface area (Å²) in [6.07, 6.45) is 0. The molecule has 1 aromatic rings. The van der Waals surface area contributed by atoms with Gasteiger partial charge in [0.05, 0.1) is 18.8 Å². The fourth-order valence-corrected chi connectivity index (χ4v) is 1.92. The van der Waals surface area contributed by atoms with Gasteiger partial charge in [-0.2, -0.15) is 0 Å². The van der Waals surface area contributed by atoms with Crippen LogP contribution in [0.25, 0.3) is 0 Å². The number of rotatable bonds is 9. The second-order valence-electron chi connectivity index (χ2n) is 4.98. The lowest BCUT2D eigenvalue weighted by Gasteiger charge is -2.21. The molecule has 0 atom stereocenters. The topological polar surface area (TPSA) is 91.1 Å². The number of anilines is 1. The molecule has 0 spiro atoms. The van der Waals surface area contributed by atoms with Crippen molar-refractivity contribution in [2.45, 2.75) is 6.92 Å². The van der Waals surface area contributed by atoms with Crippen LogP contribution in [0.4, 0.5) is 5.69 Å². The number of ether oxygens (including phenoxy) is 3. The number of hydrogen-bond acceptors (Lipinski definition) is 6. The summed E-state index contributed by atoms with van der Waals surface area (Å²) in [6, 6.07) is 5.09. The second kappa shape index (κ2) is 9.81. The fourth-order valence-electron chi connectivity index (χ4n) is 1.92. The van der Waals surface area contributed by atoms with Crippen molar-refractivity contribution < 1.29 is 23.8 Å². The molecule has 0 fully saturated rings. The van der Waals surface area contributed by atoms with E-state index >= 15 is 0 Å². The van der Waals surface area contributed by atoms with E-state index in [-0.39, 0.29) is 18.1 Å². The zero-order valence-electron chi connectivity index (χ0n) is 13.8. The highest BCUT2D eigenvalue weighted by Gasteiger charge is 2.18. The van der Waals surface area contributed by atoms with Gasteiger partial charge in [-0.15, -0.1) is 0 Å². The second-order valence-corrected chi connectivity index (χ2v) is 4.98. The average Bonchev–Trinajstić information content (AvgIpc) is 2.55. The molecule has 7 nitrogen and oxygen atoms in total. The molecular weight excluding hydrogens is 300 g/mol. The molecule has 0 radical (unpaired) electrons. The first-order valence-corrected chi connectivity index (χ1v) is 7.29. The Morgan fingerprint density at radius 3 is 2.30 bits per heavy atom. The van der Waals surface area contributed by atoms with Crippen LogP contribution in [0, 0.1) is 6.92 Å². The minimum absolute atomic E-state index is 0.262. The summed E-state index contributed by atoms with van der Waals surface area (Å²) in [5.41, 5.74) is 7.26. The molecule has 0 saturated heterocycles. The minimum Gasteiger partial charge on any atom is -0.452 e. The van der Waals surface area contributed by atoms with Crippen LogP contribution < -0.4 is 5.73 Å². The van der Waals surface area contributed by atoms with Gasteiger partial charge in [0.1, 0.15) is 0 Å². The molecule has 0 saturated carbocycles. The molecule has 0 aromatic heterocycles. The summed E-state index contributed by atoms with van der Waals surface area (Å²) >= 11 is 0. The van der Waals surface area contributed by atoms with Crippen LogP contribution in [0.15, 0.2) is 18.2 Å². The van der Waals surface area contributed by atoms with Crippen LogP contribution in [-0.2, 0) is 19.0 Å². The molecule has 0 aliphatic rings. The number of nitrogens with zero attached hydrogens (tertiary/aromatic N) is 1. The number of para-hydroxylation sites is 1. The molecule has 23 heavy (non-hydrogen) atoms. The van der Waals surface area contributed by atoms with Crippen molar-refractivity contribution in [1.29, 1.82) is 0 Å². The van der Waals surface area contributed by atoms with E-state index in [1.165, 1.54) is 4.90 Å². The average molecular weight is 324 g/mol. The quantitative estimate of drug-likeness (QED) is 0.535. The van der Waals surface area contributed by atoms with Gasteiger partial charge >= 0.3 is 5.97 Å². The summed E-state index contributed by atoms with van der Waals surface area (Å²) in [4.78, 5) is 25.7. The third-order valence-corrected chi connectivity index (χ3v) is 3.35. The number of hydrogen-bond donors (Lipinski definition) is 1. The monoisotopic (exact) mass is 324 g/mol. The first-order valence-electron chi connectivity index (χ1n) is 7.29. The largest absolute Gasteiger partial charge is 0.452 e. The van der Waals surface area contributed by atoms with Crippen molar-refractivity contribution in [1.82, 2.24) is 4.90 Å². The van der Waals surface area contributed by atoms with E-state index in [9.17, 15) is 9.59 Å². The van der Waals surface area contributed by atoms with Crippen molar-refractivity contribution in [3.05, 3.63) is 29.3 Å². The van der Waals surface area contributed by atoms with E-state index < -0.39 is 5.97 Å². The number of carbonyl (C=O) groups is 2. The minimum atomic E-state index is -0.613. The maximum Gasteiger partial charge on any atom is 0.340 e. The Labute approximate surface area is 136 Å². The van der Waals surface area contributed by atoms with Gasteiger partial charge in [0.25, 0.3) is 5.91 Å². The van der Waals surface area contributed by atoms with E-state index in [1.807, 2.05) is 0 Å². The Morgan fingerprint density at radius 1 is 1.13 bits per heavy atom. The Morgan fingerprint density at radius 2 is 1.74 bits per heavy atom. The van der Waals surface area contributed by atoms with Crippen LogP contribution in [-0.4, -0.2) is 63.9 Å². The Balaban J connectivity index is 2.61. The molecule has 1 rings (SSSR count). The van der Waals surface area contributed by atoms with Gasteiger partial charge in [0.15, 0.2) is 6.61 Å². The van der Waals surface area contributed by atoms with E-state index in [1.54, 1.807) is 39.3 Å². The molecule has 1 amide bonds. The van der Waals surface area contributed by atoms with Gasteiger partial charge in [-0.1, -0.05) is 12.1 Å². The third kappa shape index (κ3) is 5.88. The molecule has 128 valence electrons. The third-order valence-electron chi connectivity index (χ3n) is 3.35. The lowest BCUT2D eigenvalue weighted by molar-refractivity contribution is -0.135. The van der Waals surface area contributed by atoms with Crippen LogP contribution in [0.1, 0.15) is 15.9 Å². The number of methoxy groups -OCH3 is 2. The molecule has 2 N–H and O–H groups in total. The number of esters is 1. The summed E-state index contributed by atoms with van der Waals surface area (Å²) in [5, 5.41) is 0. The SMILES string of the molecule is COCCN(CCOC)C(=O)COC(=O)c1cccc(C)c1N. The van der Waals surface area contributed by atoms with Gasteiger partial charge in [0, 0.05) is 33.0 Å². The molecule has 0 heterocycles. The van der Waals surface area contributed by atoms with Crippen LogP contribution in [0.5, 0.6) is 0 Å². The summed E-state index contributed by atoms with van der Waals surface area (Å²) in [7, 11) is 3.11. The van der Waals surface area contributed by atoms with Crippen LogP contribution >= 0.6 is 0 Å². The van der Waals surface area contributed by atoms with Crippen LogP contribution in [0.3, 0.4) is 0 Å². The fraction of sp³-hybridized carbons (Fsp3) is 0.500. The first-order chi connectivity index (χ1) is 11.0.